The molecule has 0 saturated carbocycles. The molecule has 2 aromatic heterocycles. The van der Waals surface area contributed by atoms with Gasteiger partial charge in [0, 0.05) is 75.1 Å². The van der Waals surface area contributed by atoms with Crippen molar-refractivity contribution < 1.29 is 31.6 Å². The maximum Gasteiger partial charge on any atom is 0.324 e. The van der Waals surface area contributed by atoms with Crippen molar-refractivity contribution in [2.75, 3.05) is 42.5 Å². The van der Waals surface area contributed by atoms with Gasteiger partial charge in [-0.1, -0.05) is 12.1 Å². The van der Waals surface area contributed by atoms with Gasteiger partial charge in [-0.05, 0) is 31.0 Å². The molecular weight excluding hydrogens is 551 g/mol. The Balaban J connectivity index is 1.21. The maximum absolute atomic E-state index is 14.4. The number of rotatable bonds is 8. The smallest absolute Gasteiger partial charge is 0.324 e. The van der Waals surface area contributed by atoms with Crippen LogP contribution in [0.3, 0.4) is 0 Å². The lowest BCUT2D eigenvalue weighted by Crippen LogP contribution is -2.46. The lowest BCUT2D eigenvalue weighted by molar-refractivity contribution is -0.0308. The number of anilines is 2. The van der Waals surface area contributed by atoms with Crippen LogP contribution in [0.1, 0.15) is 55.8 Å². The zero-order chi connectivity index (χ0) is 29.5. The third-order valence-corrected chi connectivity index (χ3v) is 7.73. The minimum atomic E-state index is -3.19. The summed E-state index contributed by atoms with van der Waals surface area (Å²) in [6, 6.07) is 0.839. The molecule has 41 heavy (non-hydrogen) atoms. The van der Waals surface area contributed by atoms with Crippen LogP contribution in [0.2, 0.25) is 0 Å². The van der Waals surface area contributed by atoms with Crippen LogP contribution in [0.15, 0.2) is 29.0 Å². The average molecular weight is 583 g/mol. The Hall–Kier alpha value is -3.43. The Kier molecular flexibility index (Phi) is 8.12. The van der Waals surface area contributed by atoms with Crippen molar-refractivity contribution in [2.45, 2.75) is 56.8 Å². The molecule has 3 aromatic rings. The van der Waals surface area contributed by atoms with Crippen LogP contribution in [0.5, 0.6) is 0 Å². The number of nitrogens with two attached hydrogens (primary N) is 1. The first-order valence-electron chi connectivity index (χ1n) is 13.3. The second-order valence-corrected chi connectivity index (χ2v) is 10.5. The quantitative estimate of drug-likeness (QED) is 0.233. The molecule has 1 aromatic carbocycles. The zero-order valence-electron chi connectivity index (χ0n) is 22.5. The number of piperidine rings is 1. The Labute approximate surface area is 233 Å². The van der Waals surface area contributed by atoms with Crippen LogP contribution in [-0.2, 0) is 5.92 Å². The number of halogens is 5. The summed E-state index contributed by atoms with van der Waals surface area (Å²) < 4.78 is 73.4. The Morgan fingerprint density at radius 2 is 1.73 bits per heavy atom. The van der Waals surface area contributed by atoms with Gasteiger partial charge in [-0.2, -0.15) is 13.8 Å². The highest BCUT2D eigenvalue weighted by atomic mass is 19.3. The van der Waals surface area contributed by atoms with Gasteiger partial charge in [0.1, 0.15) is 12.0 Å². The first kappa shape index (κ1) is 29.1. The van der Waals surface area contributed by atoms with Crippen molar-refractivity contribution in [1.82, 2.24) is 25.0 Å². The van der Waals surface area contributed by atoms with Crippen molar-refractivity contribution in [2.24, 2.45) is 5.73 Å². The van der Waals surface area contributed by atoms with Crippen LogP contribution >= 0.6 is 0 Å². The standard InChI is InChI=1S/C26H31F5N8O2/c1-3-39(15-4-6-37(7-5-15)25-35-23(36-41-25)26(2,30)31)22(40)14-10-33-24(34-11-14)38-12-17(21(32)13-38)16-8-19(28)20(29)9-18(16)27/h8-11,15,17,21-22,40H,3-7,12-13,32H2,1-2H3. The van der Waals surface area contributed by atoms with Gasteiger partial charge in [-0.15, -0.1) is 0 Å². The van der Waals surface area contributed by atoms with Crippen LogP contribution in [0.25, 0.3) is 0 Å². The van der Waals surface area contributed by atoms with Crippen molar-refractivity contribution in [3.8, 4) is 0 Å². The molecule has 2 saturated heterocycles. The van der Waals surface area contributed by atoms with Gasteiger partial charge in [-0.3, -0.25) is 4.90 Å². The summed E-state index contributed by atoms with van der Waals surface area (Å²) in [6.07, 6.45) is 3.26. The van der Waals surface area contributed by atoms with Gasteiger partial charge in [0.2, 0.25) is 11.8 Å². The fraction of sp³-hybridized carbons (Fsp3) is 0.538. The van der Waals surface area contributed by atoms with E-state index in [-0.39, 0.29) is 30.7 Å². The number of hydrogen-bond acceptors (Lipinski definition) is 10. The van der Waals surface area contributed by atoms with Crippen LogP contribution < -0.4 is 15.5 Å². The molecule has 0 amide bonds. The summed E-state index contributed by atoms with van der Waals surface area (Å²) >= 11 is 0. The molecule has 5 rings (SSSR count). The monoisotopic (exact) mass is 582 g/mol. The number of benzene rings is 1. The van der Waals surface area contributed by atoms with E-state index in [2.05, 4.69) is 20.1 Å². The summed E-state index contributed by atoms with van der Waals surface area (Å²) in [5.41, 5.74) is 6.67. The Bertz CT molecular complexity index is 1350. The molecule has 0 spiro atoms. The molecule has 3 N–H and O–H groups in total. The second-order valence-electron chi connectivity index (χ2n) is 10.5. The van der Waals surface area contributed by atoms with Gasteiger partial charge in [0.25, 0.3) is 0 Å². The van der Waals surface area contributed by atoms with E-state index in [0.717, 1.165) is 6.07 Å². The van der Waals surface area contributed by atoms with E-state index in [0.29, 0.717) is 57.0 Å². The van der Waals surface area contributed by atoms with E-state index in [4.69, 9.17) is 10.3 Å². The van der Waals surface area contributed by atoms with Gasteiger partial charge >= 0.3 is 11.9 Å². The third-order valence-electron chi connectivity index (χ3n) is 7.73. The second kappa shape index (κ2) is 11.4. The van der Waals surface area contributed by atoms with Gasteiger partial charge < -0.3 is 25.2 Å². The number of aliphatic hydroxyl groups is 1. The largest absolute Gasteiger partial charge is 0.374 e. The van der Waals surface area contributed by atoms with E-state index >= 15 is 0 Å². The lowest BCUT2D eigenvalue weighted by atomic mass is 9.94. The zero-order valence-corrected chi connectivity index (χ0v) is 22.5. The summed E-state index contributed by atoms with van der Waals surface area (Å²) in [7, 11) is 0. The van der Waals surface area contributed by atoms with Crippen LogP contribution in [-0.4, -0.2) is 74.9 Å². The van der Waals surface area contributed by atoms with E-state index < -0.39 is 47.4 Å². The molecule has 4 heterocycles. The molecule has 0 bridgehead atoms. The normalized spacial score (nSPS) is 21.2. The first-order chi connectivity index (χ1) is 19.5. The van der Waals surface area contributed by atoms with Crippen LogP contribution in [0, 0.1) is 17.5 Å². The van der Waals surface area contributed by atoms with E-state index in [1.165, 1.54) is 12.4 Å². The molecule has 3 unspecified atom stereocenters. The summed E-state index contributed by atoms with van der Waals surface area (Å²) in [5.74, 6) is -7.38. The number of aromatic nitrogens is 4. The minimum absolute atomic E-state index is 0.00147. The van der Waals surface area contributed by atoms with Gasteiger partial charge in [-0.25, -0.2) is 23.1 Å². The maximum atomic E-state index is 14.4. The molecule has 2 fully saturated rings. The fourth-order valence-corrected chi connectivity index (χ4v) is 5.50. The topological polar surface area (TPSA) is 121 Å². The minimum Gasteiger partial charge on any atom is -0.374 e. The van der Waals surface area contributed by atoms with Gasteiger partial charge in [0.05, 0.1) is 0 Å². The van der Waals surface area contributed by atoms with Crippen LogP contribution in [0.4, 0.5) is 33.9 Å². The highest BCUT2D eigenvalue weighted by molar-refractivity contribution is 5.38. The molecule has 0 aliphatic carbocycles. The molecule has 0 radical (unpaired) electrons. The van der Waals surface area contributed by atoms with Crippen molar-refractivity contribution >= 4 is 12.0 Å². The Morgan fingerprint density at radius 1 is 1.07 bits per heavy atom. The number of nitrogens with zero attached hydrogens (tertiary/aromatic N) is 7. The molecule has 222 valence electrons. The summed E-state index contributed by atoms with van der Waals surface area (Å²) in [4.78, 5) is 18.0. The van der Waals surface area contributed by atoms with Crippen molar-refractivity contribution in [3.05, 3.63) is 58.9 Å². The fourth-order valence-electron chi connectivity index (χ4n) is 5.50. The Morgan fingerprint density at radius 3 is 2.34 bits per heavy atom. The molecule has 10 nitrogen and oxygen atoms in total. The molecule has 15 heteroatoms. The highest BCUT2D eigenvalue weighted by Gasteiger charge is 2.36. The number of hydrogen-bond donors (Lipinski definition) is 2. The lowest BCUT2D eigenvalue weighted by Gasteiger charge is -2.39. The predicted molar refractivity (Wildman–Crippen MR) is 138 cm³/mol. The summed E-state index contributed by atoms with van der Waals surface area (Å²) in [6.45, 7) is 4.61. The van der Waals surface area contributed by atoms with E-state index in [1.54, 1.807) is 9.80 Å². The molecule has 2 aliphatic rings. The third kappa shape index (κ3) is 5.97. The summed E-state index contributed by atoms with van der Waals surface area (Å²) in [5, 5.41) is 14.5. The van der Waals surface area contributed by atoms with Crippen molar-refractivity contribution in [3.63, 3.8) is 0 Å². The number of alkyl halides is 2. The molecule has 3 atom stereocenters. The van der Waals surface area contributed by atoms with Crippen molar-refractivity contribution in [1.29, 1.82) is 0 Å². The van der Waals surface area contributed by atoms with E-state index in [9.17, 15) is 27.1 Å². The SMILES string of the molecule is CCN(C1CCN(c2nc(C(C)(F)F)no2)CC1)C(O)c1cnc(N2CC(N)C(c3cc(F)c(F)cc3F)C2)nc1. The van der Waals surface area contributed by atoms with E-state index in [1.807, 2.05) is 11.8 Å². The first-order valence-corrected chi connectivity index (χ1v) is 13.3. The van der Waals surface area contributed by atoms with Gasteiger partial charge in [0.15, 0.2) is 11.6 Å². The highest BCUT2D eigenvalue weighted by Crippen LogP contribution is 2.33. The molecule has 2 aliphatic heterocycles. The average Bonchev–Trinajstić information content (AvgIpc) is 3.59. The number of aliphatic hydroxyl groups excluding tert-OH is 1. The molecular formula is C26H31F5N8O2. The predicted octanol–water partition coefficient (Wildman–Crippen LogP) is 3.30.